The van der Waals surface area contributed by atoms with E-state index < -0.39 is 16.0 Å². The van der Waals surface area contributed by atoms with E-state index in [9.17, 15) is 13.2 Å². The predicted molar refractivity (Wildman–Crippen MR) is 78.2 cm³/mol. The van der Waals surface area contributed by atoms with Crippen molar-refractivity contribution in [1.82, 2.24) is 9.97 Å². The van der Waals surface area contributed by atoms with Crippen LogP contribution in [-0.4, -0.2) is 29.5 Å². The van der Waals surface area contributed by atoms with Gasteiger partial charge in [0.25, 0.3) is 10.0 Å². The molecule has 3 rings (SSSR count). The smallest absolute Gasteiger partial charge is 0.355 e. The van der Waals surface area contributed by atoms with Gasteiger partial charge in [0.05, 0.1) is 0 Å². The van der Waals surface area contributed by atoms with Gasteiger partial charge in [-0.05, 0) is 6.07 Å². The van der Waals surface area contributed by atoms with Crippen molar-refractivity contribution in [3.8, 4) is 0 Å². The number of benzene rings is 1. The van der Waals surface area contributed by atoms with Gasteiger partial charge >= 0.3 is 5.97 Å². The number of aromatic amines is 1. The molecule has 2 heterocycles. The number of H-pyrrole nitrogens is 1. The summed E-state index contributed by atoms with van der Waals surface area (Å²) in [6, 6.07) is 6.98. The van der Waals surface area contributed by atoms with Crippen LogP contribution < -0.4 is 4.72 Å². The summed E-state index contributed by atoms with van der Waals surface area (Å²) in [6.45, 7) is 0. The number of rotatable bonds is 4. The summed E-state index contributed by atoms with van der Waals surface area (Å²) in [5.74, 6) is -1.20. The molecule has 0 aliphatic rings. The number of anilines is 1. The molecule has 9 heteroatoms. The van der Waals surface area contributed by atoms with Crippen molar-refractivity contribution < 1.29 is 18.3 Å². The number of aromatic nitrogens is 2. The maximum absolute atomic E-state index is 12.3. The Kier molecular flexibility index (Phi) is 3.15. The van der Waals surface area contributed by atoms with Crippen LogP contribution in [0.4, 0.5) is 5.13 Å². The molecule has 3 N–H and O–H groups in total. The third-order valence-electron chi connectivity index (χ3n) is 2.79. The van der Waals surface area contributed by atoms with Crippen LogP contribution in [0.2, 0.25) is 0 Å². The molecule has 0 atom stereocenters. The van der Waals surface area contributed by atoms with Crippen molar-refractivity contribution in [2.24, 2.45) is 0 Å². The summed E-state index contributed by atoms with van der Waals surface area (Å²) in [6.07, 6.45) is 1.39. The van der Waals surface area contributed by atoms with Gasteiger partial charge in [-0.3, -0.25) is 4.72 Å². The largest absolute Gasteiger partial charge is 0.476 e. The number of nitrogens with zero attached hydrogens (tertiary/aromatic N) is 1. The summed E-state index contributed by atoms with van der Waals surface area (Å²) in [7, 11) is -3.84. The van der Waals surface area contributed by atoms with E-state index >= 15 is 0 Å². The zero-order chi connectivity index (χ0) is 15.0. The molecule has 0 amide bonds. The Hall–Kier alpha value is -2.39. The Morgan fingerprint density at radius 3 is 2.81 bits per heavy atom. The second-order valence-corrected chi connectivity index (χ2v) is 6.66. The van der Waals surface area contributed by atoms with Crippen molar-refractivity contribution in [2.75, 3.05) is 4.72 Å². The third kappa shape index (κ3) is 2.48. The van der Waals surface area contributed by atoms with Crippen LogP contribution in [0.1, 0.15) is 10.5 Å². The number of fused-ring (bicyclic) bond motifs is 1. The normalized spacial score (nSPS) is 11.6. The highest BCUT2D eigenvalue weighted by molar-refractivity contribution is 7.93. The number of sulfonamides is 1. The van der Waals surface area contributed by atoms with Crippen LogP contribution in [0.3, 0.4) is 0 Å². The molecule has 0 aliphatic carbocycles. The first kappa shape index (κ1) is 13.6. The molecule has 0 fully saturated rings. The summed E-state index contributed by atoms with van der Waals surface area (Å²) < 4.78 is 27.0. The Labute approximate surface area is 123 Å². The fourth-order valence-electron chi connectivity index (χ4n) is 1.86. The van der Waals surface area contributed by atoms with Crippen LogP contribution in [-0.2, 0) is 10.0 Å². The molecule has 3 aromatic rings. The molecule has 0 radical (unpaired) electrons. The number of thiazole rings is 1. The molecule has 2 aromatic heterocycles. The van der Waals surface area contributed by atoms with Crippen LogP contribution >= 0.6 is 11.3 Å². The Morgan fingerprint density at radius 2 is 2.10 bits per heavy atom. The second-order valence-electron chi connectivity index (χ2n) is 4.15. The minimum Gasteiger partial charge on any atom is -0.476 e. The SMILES string of the molecule is O=C(O)c1csc(NS(=O)(=O)c2c[nH]c3ccccc23)n1. The molecule has 7 nitrogen and oxygen atoms in total. The minimum absolute atomic E-state index is 0.0117. The predicted octanol–water partition coefficient (Wildman–Crippen LogP) is 2.12. The number of hydrogen-bond donors (Lipinski definition) is 3. The number of aromatic carboxylic acids is 1. The van der Waals surface area contributed by atoms with E-state index in [0.717, 1.165) is 11.3 Å². The first-order valence-corrected chi connectivity index (χ1v) is 8.11. The van der Waals surface area contributed by atoms with E-state index in [0.29, 0.717) is 10.9 Å². The Bertz CT molecular complexity index is 927. The molecular formula is C12H9N3O4S2. The third-order valence-corrected chi connectivity index (χ3v) is 5.05. The lowest BCUT2D eigenvalue weighted by Gasteiger charge is -2.03. The Balaban J connectivity index is 1.98. The van der Waals surface area contributed by atoms with E-state index in [4.69, 9.17) is 5.11 Å². The first-order chi connectivity index (χ1) is 9.97. The zero-order valence-electron chi connectivity index (χ0n) is 10.4. The molecule has 0 saturated heterocycles. The molecule has 21 heavy (non-hydrogen) atoms. The molecule has 0 spiro atoms. The highest BCUT2D eigenvalue weighted by Gasteiger charge is 2.21. The number of carbonyl (C=O) groups is 1. The van der Waals surface area contributed by atoms with E-state index in [1.54, 1.807) is 24.3 Å². The highest BCUT2D eigenvalue weighted by atomic mass is 32.2. The maximum atomic E-state index is 12.3. The van der Waals surface area contributed by atoms with Crippen molar-refractivity contribution in [2.45, 2.75) is 4.90 Å². The van der Waals surface area contributed by atoms with Gasteiger partial charge in [0, 0.05) is 22.5 Å². The quantitative estimate of drug-likeness (QED) is 0.681. The lowest BCUT2D eigenvalue weighted by atomic mass is 10.2. The van der Waals surface area contributed by atoms with Gasteiger partial charge in [0.15, 0.2) is 10.8 Å². The lowest BCUT2D eigenvalue weighted by Crippen LogP contribution is -2.12. The van der Waals surface area contributed by atoms with Crippen molar-refractivity contribution in [3.05, 3.63) is 41.5 Å². The van der Waals surface area contributed by atoms with Gasteiger partial charge in [-0.25, -0.2) is 18.2 Å². The minimum atomic E-state index is -3.84. The number of hydrogen-bond acceptors (Lipinski definition) is 5. The summed E-state index contributed by atoms with van der Waals surface area (Å²) >= 11 is 0.915. The summed E-state index contributed by atoms with van der Waals surface area (Å²) in [5.41, 5.74) is 0.500. The lowest BCUT2D eigenvalue weighted by molar-refractivity contribution is 0.0691. The molecule has 0 aliphatic heterocycles. The van der Waals surface area contributed by atoms with Gasteiger partial charge < -0.3 is 10.1 Å². The monoisotopic (exact) mass is 323 g/mol. The summed E-state index contributed by atoms with van der Waals surface area (Å²) in [5, 5.41) is 10.6. The fourth-order valence-corrected chi connectivity index (χ4v) is 3.97. The molecule has 0 unspecified atom stereocenters. The summed E-state index contributed by atoms with van der Waals surface area (Å²) in [4.78, 5) is 17.4. The van der Waals surface area contributed by atoms with Crippen molar-refractivity contribution >= 4 is 43.4 Å². The van der Waals surface area contributed by atoms with Gasteiger partial charge in [0.2, 0.25) is 0 Å². The van der Waals surface area contributed by atoms with Gasteiger partial charge in [0.1, 0.15) is 4.90 Å². The van der Waals surface area contributed by atoms with Crippen LogP contribution in [0.5, 0.6) is 0 Å². The molecular weight excluding hydrogens is 314 g/mol. The van der Waals surface area contributed by atoms with Crippen LogP contribution in [0.15, 0.2) is 40.7 Å². The fraction of sp³-hybridized carbons (Fsp3) is 0. The first-order valence-electron chi connectivity index (χ1n) is 5.75. The van der Waals surface area contributed by atoms with E-state index in [-0.39, 0.29) is 15.7 Å². The van der Waals surface area contributed by atoms with Gasteiger partial charge in [-0.1, -0.05) is 18.2 Å². The van der Waals surface area contributed by atoms with Gasteiger partial charge in [-0.15, -0.1) is 11.3 Å². The number of para-hydroxylation sites is 1. The average Bonchev–Trinajstić information content (AvgIpc) is 3.04. The topological polar surface area (TPSA) is 112 Å². The van der Waals surface area contributed by atoms with Crippen LogP contribution in [0, 0.1) is 0 Å². The van der Waals surface area contributed by atoms with E-state index in [2.05, 4.69) is 14.7 Å². The number of carboxylic acids is 1. The number of nitrogens with one attached hydrogen (secondary N) is 2. The molecule has 1 aromatic carbocycles. The van der Waals surface area contributed by atoms with Crippen molar-refractivity contribution in [3.63, 3.8) is 0 Å². The Morgan fingerprint density at radius 1 is 1.33 bits per heavy atom. The molecule has 0 saturated carbocycles. The van der Waals surface area contributed by atoms with Crippen LogP contribution in [0.25, 0.3) is 10.9 Å². The maximum Gasteiger partial charge on any atom is 0.355 e. The molecule has 0 bridgehead atoms. The van der Waals surface area contributed by atoms with E-state index in [1.807, 2.05) is 0 Å². The number of carboxylic acid groups (broad SMARTS) is 1. The average molecular weight is 323 g/mol. The standard InChI is InChI=1S/C12H9N3O4S2/c16-11(17)9-6-20-12(14-9)15-21(18,19)10-5-13-8-4-2-1-3-7(8)10/h1-6,13H,(H,14,15)(H,16,17). The van der Waals surface area contributed by atoms with Crippen molar-refractivity contribution in [1.29, 1.82) is 0 Å². The van der Waals surface area contributed by atoms with Gasteiger partial charge in [-0.2, -0.15) is 0 Å². The molecule has 108 valence electrons. The zero-order valence-corrected chi connectivity index (χ0v) is 12.0. The highest BCUT2D eigenvalue weighted by Crippen LogP contribution is 2.25. The van der Waals surface area contributed by atoms with E-state index in [1.165, 1.54) is 11.6 Å². The second kappa shape index (κ2) is 4.86.